The van der Waals surface area contributed by atoms with Crippen molar-refractivity contribution >= 4 is 28.5 Å². The molecule has 6 heteroatoms. The number of anilines is 1. The van der Waals surface area contributed by atoms with Crippen LogP contribution < -0.4 is 4.90 Å². The molecule has 22 heavy (non-hydrogen) atoms. The molecule has 2 aromatic rings. The number of alkyl halides is 3. The quantitative estimate of drug-likeness (QED) is 0.765. The molecule has 2 nitrogen and oxygen atoms in total. The first-order chi connectivity index (χ1) is 9.95. The molecule has 3 rings (SSSR count). The molecule has 1 heterocycles. The van der Waals surface area contributed by atoms with Gasteiger partial charge in [0.05, 0.1) is 5.56 Å². The standard InChI is InChI=1S/C16H13F3N2.BrH/c17-16(18,19)13-6-3-7-14(9-13)21-10-12-5-2-1-4-11(12)8-15(21)20;/h1-7,9,20H,8,10H2;1H. The first-order valence-electron chi connectivity index (χ1n) is 6.54. The number of hydrogen-bond donors (Lipinski definition) is 1. The zero-order valence-corrected chi connectivity index (χ0v) is 13.2. The summed E-state index contributed by atoms with van der Waals surface area (Å²) in [5.74, 6) is 0.313. The van der Waals surface area contributed by atoms with E-state index in [-0.39, 0.29) is 17.0 Å². The molecule has 1 N–H and O–H groups in total. The van der Waals surface area contributed by atoms with E-state index in [2.05, 4.69) is 0 Å². The van der Waals surface area contributed by atoms with Crippen LogP contribution >= 0.6 is 17.0 Å². The number of fused-ring (bicyclic) bond motifs is 1. The van der Waals surface area contributed by atoms with Gasteiger partial charge in [-0.2, -0.15) is 13.2 Å². The van der Waals surface area contributed by atoms with Gasteiger partial charge >= 0.3 is 6.18 Å². The van der Waals surface area contributed by atoms with Crippen LogP contribution in [-0.2, 0) is 19.1 Å². The molecule has 0 aliphatic carbocycles. The number of benzene rings is 2. The summed E-state index contributed by atoms with van der Waals surface area (Å²) in [4.78, 5) is 1.62. The van der Waals surface area contributed by atoms with Gasteiger partial charge in [-0.3, -0.25) is 5.41 Å². The summed E-state index contributed by atoms with van der Waals surface area (Å²) in [6.45, 7) is 0.427. The highest BCUT2D eigenvalue weighted by atomic mass is 79.9. The van der Waals surface area contributed by atoms with Gasteiger partial charge in [0.1, 0.15) is 5.84 Å². The zero-order valence-electron chi connectivity index (χ0n) is 11.5. The molecule has 0 aromatic heterocycles. The Morgan fingerprint density at radius 1 is 0.955 bits per heavy atom. The number of nitrogens with zero attached hydrogens (tertiary/aromatic N) is 1. The van der Waals surface area contributed by atoms with Crippen LogP contribution in [0.4, 0.5) is 18.9 Å². The normalized spacial score (nSPS) is 14.3. The Labute approximate surface area is 136 Å². The SMILES string of the molecule is Br.N=C1Cc2ccccc2CN1c1cccc(C(F)(F)F)c1. The molecular weight excluding hydrogens is 357 g/mol. The van der Waals surface area contributed by atoms with E-state index >= 15 is 0 Å². The van der Waals surface area contributed by atoms with E-state index in [1.54, 1.807) is 11.0 Å². The smallest absolute Gasteiger partial charge is 0.326 e. The minimum atomic E-state index is -4.37. The maximum atomic E-state index is 12.8. The molecule has 0 saturated carbocycles. The summed E-state index contributed by atoms with van der Waals surface area (Å²) < 4.78 is 38.4. The highest BCUT2D eigenvalue weighted by molar-refractivity contribution is 8.93. The third-order valence-electron chi connectivity index (χ3n) is 3.62. The number of amidine groups is 1. The molecule has 1 aliphatic rings. The van der Waals surface area contributed by atoms with E-state index in [4.69, 9.17) is 5.41 Å². The van der Waals surface area contributed by atoms with Gasteiger partial charge in [0.2, 0.25) is 0 Å². The molecule has 0 fully saturated rings. The first-order valence-corrected chi connectivity index (χ1v) is 6.54. The molecule has 0 saturated heterocycles. The Kier molecular flexibility index (Phi) is 4.60. The number of nitrogens with one attached hydrogen (secondary N) is 1. The zero-order chi connectivity index (χ0) is 15.0. The molecule has 0 atom stereocenters. The predicted molar refractivity (Wildman–Crippen MR) is 85.8 cm³/mol. The predicted octanol–water partition coefficient (Wildman–Crippen LogP) is 4.82. The van der Waals surface area contributed by atoms with Gasteiger partial charge in [0, 0.05) is 18.7 Å². The van der Waals surface area contributed by atoms with Crippen molar-refractivity contribution < 1.29 is 13.2 Å². The Balaban J connectivity index is 0.00000176. The van der Waals surface area contributed by atoms with E-state index in [0.29, 0.717) is 24.5 Å². The van der Waals surface area contributed by atoms with Crippen LogP contribution in [0.3, 0.4) is 0 Å². The lowest BCUT2D eigenvalue weighted by molar-refractivity contribution is -0.137. The van der Waals surface area contributed by atoms with Crippen molar-refractivity contribution in [3.8, 4) is 0 Å². The largest absolute Gasteiger partial charge is 0.416 e. The average molecular weight is 371 g/mol. The van der Waals surface area contributed by atoms with E-state index in [1.807, 2.05) is 24.3 Å². The van der Waals surface area contributed by atoms with E-state index in [0.717, 1.165) is 23.3 Å². The van der Waals surface area contributed by atoms with Crippen LogP contribution in [0.15, 0.2) is 48.5 Å². The average Bonchev–Trinajstić information content (AvgIpc) is 2.46. The second kappa shape index (κ2) is 6.12. The lowest BCUT2D eigenvalue weighted by Crippen LogP contribution is -2.35. The Hall–Kier alpha value is -1.82. The third kappa shape index (κ3) is 3.16. The summed E-state index contributed by atoms with van der Waals surface area (Å²) in [6, 6.07) is 12.8. The Morgan fingerprint density at radius 3 is 2.32 bits per heavy atom. The molecule has 0 spiro atoms. The van der Waals surface area contributed by atoms with Crippen molar-refractivity contribution in [3.05, 3.63) is 65.2 Å². The van der Waals surface area contributed by atoms with Crippen molar-refractivity contribution in [2.24, 2.45) is 0 Å². The van der Waals surface area contributed by atoms with Gasteiger partial charge in [-0.05, 0) is 29.3 Å². The minimum Gasteiger partial charge on any atom is -0.326 e. The van der Waals surface area contributed by atoms with Crippen LogP contribution in [0.1, 0.15) is 16.7 Å². The van der Waals surface area contributed by atoms with Gasteiger partial charge in [-0.1, -0.05) is 30.3 Å². The number of halogens is 4. The van der Waals surface area contributed by atoms with Crippen LogP contribution in [0.5, 0.6) is 0 Å². The summed E-state index contributed by atoms with van der Waals surface area (Å²) in [5, 5.41) is 8.09. The Morgan fingerprint density at radius 2 is 1.64 bits per heavy atom. The highest BCUT2D eigenvalue weighted by Crippen LogP contribution is 2.33. The third-order valence-corrected chi connectivity index (χ3v) is 3.62. The van der Waals surface area contributed by atoms with Crippen molar-refractivity contribution in [1.82, 2.24) is 0 Å². The number of hydrogen-bond acceptors (Lipinski definition) is 1. The molecule has 1 aliphatic heterocycles. The van der Waals surface area contributed by atoms with Gasteiger partial charge in [0.25, 0.3) is 0 Å². The van der Waals surface area contributed by atoms with E-state index in [1.165, 1.54) is 6.07 Å². The minimum absolute atomic E-state index is 0. The second-order valence-corrected chi connectivity index (χ2v) is 5.03. The van der Waals surface area contributed by atoms with Crippen molar-refractivity contribution in [2.75, 3.05) is 4.90 Å². The topological polar surface area (TPSA) is 27.1 Å². The fraction of sp³-hybridized carbons (Fsp3) is 0.188. The van der Waals surface area contributed by atoms with Gasteiger partial charge in [0.15, 0.2) is 0 Å². The lowest BCUT2D eigenvalue weighted by atomic mass is 9.98. The molecule has 0 unspecified atom stereocenters. The number of rotatable bonds is 1. The lowest BCUT2D eigenvalue weighted by Gasteiger charge is -2.31. The molecule has 0 bridgehead atoms. The van der Waals surface area contributed by atoms with Crippen LogP contribution in [0, 0.1) is 5.41 Å². The van der Waals surface area contributed by atoms with Gasteiger partial charge < -0.3 is 4.90 Å². The van der Waals surface area contributed by atoms with Crippen molar-refractivity contribution in [2.45, 2.75) is 19.1 Å². The highest BCUT2D eigenvalue weighted by Gasteiger charge is 2.31. The Bertz CT molecular complexity index is 698. The van der Waals surface area contributed by atoms with Crippen LogP contribution in [0.2, 0.25) is 0 Å². The fourth-order valence-corrected chi connectivity index (χ4v) is 2.52. The van der Waals surface area contributed by atoms with Gasteiger partial charge in [-0.25, -0.2) is 0 Å². The fourth-order valence-electron chi connectivity index (χ4n) is 2.52. The van der Waals surface area contributed by atoms with Crippen LogP contribution in [0.25, 0.3) is 0 Å². The van der Waals surface area contributed by atoms with Crippen LogP contribution in [-0.4, -0.2) is 5.84 Å². The second-order valence-electron chi connectivity index (χ2n) is 5.03. The van der Waals surface area contributed by atoms with Gasteiger partial charge in [-0.15, -0.1) is 17.0 Å². The monoisotopic (exact) mass is 370 g/mol. The van der Waals surface area contributed by atoms with Crippen molar-refractivity contribution in [1.29, 1.82) is 5.41 Å². The molecule has 2 aromatic carbocycles. The summed E-state index contributed by atoms with van der Waals surface area (Å²) in [6.07, 6.45) is -3.93. The summed E-state index contributed by atoms with van der Waals surface area (Å²) in [5.41, 5.74) is 1.83. The molecule has 0 amide bonds. The van der Waals surface area contributed by atoms with Crippen molar-refractivity contribution in [3.63, 3.8) is 0 Å². The molecule has 116 valence electrons. The molecule has 0 radical (unpaired) electrons. The molecular formula is C16H14BrF3N2. The summed E-state index contributed by atoms with van der Waals surface area (Å²) in [7, 11) is 0. The maximum Gasteiger partial charge on any atom is 0.416 e. The van der Waals surface area contributed by atoms with E-state index in [9.17, 15) is 13.2 Å². The van der Waals surface area contributed by atoms with E-state index < -0.39 is 11.7 Å². The summed E-state index contributed by atoms with van der Waals surface area (Å²) >= 11 is 0. The first kappa shape index (κ1) is 16.5. The maximum absolute atomic E-state index is 12.8.